The Labute approximate surface area is 587 Å². The Balaban J connectivity index is 0.00000291. The van der Waals surface area contributed by atoms with Crippen LogP contribution in [0.1, 0.15) is 202 Å². The summed E-state index contributed by atoms with van der Waals surface area (Å²) in [5, 5.41) is 105. The Morgan fingerprint density at radius 1 is 0.424 bits per heavy atom. The van der Waals surface area contributed by atoms with Gasteiger partial charge in [0.15, 0.2) is 18.9 Å². The summed E-state index contributed by atoms with van der Waals surface area (Å²) in [4.78, 5) is 75.6. The lowest BCUT2D eigenvalue weighted by molar-refractivity contribution is -0.282. The van der Waals surface area contributed by atoms with Gasteiger partial charge in [0.2, 0.25) is 29.5 Å². The number of unbranched alkanes of at least 4 members (excludes halogenated alkanes) is 12. The van der Waals surface area contributed by atoms with Gasteiger partial charge in [-0.2, -0.15) is 0 Å². The first-order valence-corrected chi connectivity index (χ1v) is 37.8. The zero-order chi connectivity index (χ0) is 74.0. The molecule has 0 bridgehead atoms. The van der Waals surface area contributed by atoms with Crippen LogP contribution in [0.25, 0.3) is 0 Å². The summed E-state index contributed by atoms with van der Waals surface area (Å²) in [5.74, 6) is -2.89. The van der Waals surface area contributed by atoms with Gasteiger partial charge in [-0.05, 0) is 90.0 Å². The second-order valence-electron chi connectivity index (χ2n) is 25.7. The molecule has 0 aromatic heterocycles. The van der Waals surface area contributed by atoms with Crippen LogP contribution in [-0.2, 0) is 70.7 Å². The van der Waals surface area contributed by atoms with Gasteiger partial charge in [0.05, 0.1) is 44.7 Å². The summed E-state index contributed by atoms with van der Waals surface area (Å²) in [6, 6.07) is 0. The van der Waals surface area contributed by atoms with Gasteiger partial charge in [-0.1, -0.05) is 86.0 Å². The highest BCUT2D eigenvalue weighted by molar-refractivity contribution is 7.47. The van der Waals surface area contributed by atoms with Crippen LogP contribution in [0.15, 0.2) is 0 Å². The minimum Gasteiger partial charge on any atom is -0.394 e. The molecule has 32 heteroatoms. The normalized spacial score (nSPS) is 26.5. The van der Waals surface area contributed by atoms with Crippen molar-refractivity contribution in [3.05, 3.63) is 0 Å². The van der Waals surface area contributed by atoms with Crippen LogP contribution in [0.3, 0.4) is 0 Å². The summed E-state index contributed by atoms with van der Waals surface area (Å²) < 4.78 is 59.0. The van der Waals surface area contributed by atoms with Crippen LogP contribution >= 0.6 is 7.82 Å². The molecule has 16 atom stereocenters. The molecule has 0 aliphatic carbocycles. The quantitative estimate of drug-likeness (QED) is 0.0306. The van der Waals surface area contributed by atoms with E-state index in [1.807, 2.05) is 13.8 Å². The third-order valence-electron chi connectivity index (χ3n) is 17.7. The number of methoxy groups -OCH3 is 1. The topological polar surface area (TPSA) is 474 Å². The van der Waals surface area contributed by atoms with E-state index >= 15 is 0 Å². The summed E-state index contributed by atoms with van der Waals surface area (Å²) in [5.41, 5.74) is 4.14. The molecule has 31 nitrogen and oxygen atoms in total. The molecule has 0 aromatic rings. The second kappa shape index (κ2) is 56.2. The third kappa shape index (κ3) is 40.0. The van der Waals surface area contributed by atoms with Gasteiger partial charge in [-0.3, -0.25) is 33.0 Å². The van der Waals surface area contributed by atoms with E-state index in [1.165, 1.54) is 0 Å². The highest BCUT2D eigenvalue weighted by atomic mass is 31.2. The smallest absolute Gasteiger partial charge is 0.394 e. The molecule has 3 aliphatic rings. The number of amides is 5. The molecule has 3 heterocycles. The number of hydrogen-bond acceptors (Lipinski definition) is 25. The Morgan fingerprint density at radius 2 is 0.737 bits per heavy atom. The highest BCUT2D eigenvalue weighted by Gasteiger charge is 2.45. The lowest BCUT2D eigenvalue weighted by Gasteiger charge is -2.40. The largest absolute Gasteiger partial charge is 0.471 e. The number of aliphatic hydroxyl groups is 9. The molecule has 584 valence electrons. The number of nitrogens with one attached hydrogen (secondary N) is 5. The number of nitrogens with two attached hydrogens (primary N) is 1. The summed E-state index contributed by atoms with van der Waals surface area (Å²) in [6.07, 6.45) is 1.55. The molecule has 3 fully saturated rings. The molecule has 3 aliphatic heterocycles. The van der Waals surface area contributed by atoms with Crippen LogP contribution in [0.2, 0.25) is 0 Å². The van der Waals surface area contributed by atoms with E-state index in [4.69, 9.17) is 43.8 Å². The predicted molar refractivity (Wildman–Crippen MR) is 367 cm³/mol. The molecule has 3 saturated heterocycles. The third-order valence-corrected chi connectivity index (χ3v) is 18.7. The lowest BCUT2D eigenvalue weighted by atomic mass is 9.82. The zero-order valence-electron chi connectivity index (χ0n) is 60.4. The standard InChI is InChI=1S/C58H107N5O21.C7H18NO4P.C2H6/c1-38-49(72)52(75)41(35-64)82-55(38)79-32-14-8-5-11-27-59-45(68)21-24-58(63-48(71)20-17-19-44(67)62-30-18-31-78-4,25-22-46(69)60-28-12-6-9-15-33-80-56-39(2)50(73)53(76)42(36-65)83-56)26-23-47(70)61-29-13-7-10-16-34-81-57-40(3)51(74)54(77)43(37-66)84-57;1-11-13(9,10)12-7-5-3-2-4-6-8;1-2/h38-43,49-57,64-66,72-77H,5-37H2,1-4H3,(H,59,68)(H,60,69)(H,61,70)(H,62,67)(H,63,71);2-8H2,1H3,(H,9,10);1-2H3. The molecular formula is C67H131N6O25P. The molecule has 3 rings (SSSR count). The van der Waals surface area contributed by atoms with Crippen molar-refractivity contribution in [3.63, 3.8) is 0 Å². The molecule has 99 heavy (non-hydrogen) atoms. The molecular weight excluding hydrogens is 1320 g/mol. The summed E-state index contributed by atoms with van der Waals surface area (Å²) >= 11 is 0. The van der Waals surface area contributed by atoms with Crippen molar-refractivity contribution in [1.29, 1.82) is 0 Å². The number of carbonyl (C=O) groups is 5. The molecule has 0 spiro atoms. The Kier molecular flexibility index (Phi) is 53.2. The van der Waals surface area contributed by atoms with Crippen LogP contribution in [0.5, 0.6) is 0 Å². The van der Waals surface area contributed by atoms with Crippen molar-refractivity contribution >= 4 is 37.4 Å². The van der Waals surface area contributed by atoms with E-state index in [9.17, 15) is 74.5 Å². The summed E-state index contributed by atoms with van der Waals surface area (Å²) in [7, 11) is -1.03. The number of phosphoric ester groups is 1. The van der Waals surface area contributed by atoms with E-state index < -0.39 is 125 Å². The SMILES string of the molecule is CC.COCCCNC(=O)CCCC(=O)NC(CCC(=O)NCCCCCCOC1OC(CO)C(O)C(O)C1C)(CCC(=O)NCCCCCCOC1OC(CO)C(O)C(O)C1C)CCC(=O)NCCCCCCOC1OC(CO)C(O)C(O)C1C.COP(=O)(O)OCCCCCCN. The predicted octanol–water partition coefficient (Wildman–Crippen LogP) is 2.10. The van der Waals surface area contributed by atoms with Crippen molar-refractivity contribution in [2.45, 2.75) is 281 Å². The first kappa shape index (κ1) is 93.8. The second-order valence-corrected chi connectivity index (χ2v) is 27.2. The van der Waals surface area contributed by atoms with E-state index in [0.29, 0.717) is 104 Å². The van der Waals surface area contributed by atoms with Crippen molar-refractivity contribution in [1.82, 2.24) is 26.6 Å². The average Bonchev–Trinajstić information content (AvgIpc) is 0.846. The molecule has 0 saturated carbocycles. The number of hydrogen-bond donors (Lipinski definition) is 16. The van der Waals surface area contributed by atoms with Gasteiger partial charge in [-0.15, -0.1) is 0 Å². The Bertz CT molecular complexity index is 1980. The van der Waals surface area contributed by atoms with Crippen LogP contribution < -0.4 is 32.3 Å². The van der Waals surface area contributed by atoms with Crippen LogP contribution in [-0.4, -0.2) is 260 Å². The Hall–Kier alpha value is -3.22. The maximum Gasteiger partial charge on any atom is 0.471 e. The fourth-order valence-electron chi connectivity index (χ4n) is 11.3. The maximum absolute atomic E-state index is 13.8. The van der Waals surface area contributed by atoms with Crippen LogP contribution in [0.4, 0.5) is 0 Å². The fraction of sp³-hybridized carbons (Fsp3) is 0.925. The minimum absolute atomic E-state index is 0.0121. The molecule has 0 radical (unpaired) electrons. The van der Waals surface area contributed by atoms with Gasteiger partial charge in [0, 0.05) is 122 Å². The molecule has 17 N–H and O–H groups in total. The fourth-order valence-corrected chi connectivity index (χ4v) is 11.7. The molecule has 0 aromatic carbocycles. The average molecular weight is 1450 g/mol. The van der Waals surface area contributed by atoms with Crippen LogP contribution in [0, 0.1) is 17.8 Å². The first-order valence-electron chi connectivity index (χ1n) is 36.3. The van der Waals surface area contributed by atoms with Gasteiger partial charge in [0.1, 0.15) is 36.6 Å². The van der Waals surface area contributed by atoms with E-state index in [2.05, 4.69) is 35.6 Å². The molecule has 5 amide bonds. The van der Waals surface area contributed by atoms with E-state index in [-0.39, 0.29) is 93.9 Å². The number of carbonyl (C=O) groups excluding carboxylic acids is 5. The van der Waals surface area contributed by atoms with E-state index in [1.54, 1.807) is 27.9 Å². The monoisotopic (exact) mass is 1450 g/mol. The zero-order valence-corrected chi connectivity index (χ0v) is 61.3. The number of rotatable bonds is 53. The maximum atomic E-state index is 13.8. The highest BCUT2D eigenvalue weighted by Crippen LogP contribution is 2.42. The van der Waals surface area contributed by atoms with Gasteiger partial charge in [-0.25, -0.2) is 4.57 Å². The molecule has 16 unspecified atom stereocenters. The van der Waals surface area contributed by atoms with Crippen molar-refractivity contribution in [3.8, 4) is 0 Å². The van der Waals surface area contributed by atoms with Gasteiger partial charge in [0.25, 0.3) is 0 Å². The van der Waals surface area contributed by atoms with Crippen molar-refractivity contribution in [2.24, 2.45) is 23.5 Å². The lowest BCUT2D eigenvalue weighted by Crippen LogP contribution is -2.55. The summed E-state index contributed by atoms with van der Waals surface area (Å²) in [6.45, 7) is 11.7. The minimum atomic E-state index is -3.75. The Morgan fingerprint density at radius 3 is 1.07 bits per heavy atom. The van der Waals surface area contributed by atoms with Crippen molar-refractivity contribution < 1.29 is 122 Å². The number of phosphoric acid groups is 1. The van der Waals surface area contributed by atoms with Crippen molar-refractivity contribution in [2.75, 3.05) is 99.8 Å². The van der Waals surface area contributed by atoms with Gasteiger partial charge >= 0.3 is 7.82 Å². The number of aliphatic hydroxyl groups excluding tert-OH is 9. The first-order chi connectivity index (χ1) is 47.4. The van der Waals surface area contributed by atoms with Gasteiger partial charge < -0.3 is 116 Å². The van der Waals surface area contributed by atoms with E-state index in [0.717, 1.165) is 71.3 Å². The number of ether oxygens (including phenoxy) is 7.